The second kappa shape index (κ2) is 10.8. The molecule has 1 heterocycles. The largest absolute Gasteiger partial charge is 0.465 e. The van der Waals surface area contributed by atoms with E-state index in [1.165, 1.54) is 0 Å². The summed E-state index contributed by atoms with van der Waals surface area (Å²) in [6.07, 6.45) is 5.10. The van der Waals surface area contributed by atoms with Gasteiger partial charge in [-0.3, -0.25) is 14.4 Å². The first-order valence-corrected chi connectivity index (χ1v) is 11.4. The number of aliphatic hydroxyl groups is 1. The van der Waals surface area contributed by atoms with Crippen molar-refractivity contribution in [2.45, 2.75) is 88.4 Å². The van der Waals surface area contributed by atoms with Crippen LogP contribution in [-0.2, 0) is 14.4 Å². The molecule has 0 spiro atoms. The lowest BCUT2D eigenvalue weighted by Crippen LogP contribution is -2.56. The average molecular weight is 439 g/mol. The maximum atomic E-state index is 13.0. The molecular weight excluding hydrogens is 404 g/mol. The van der Waals surface area contributed by atoms with Gasteiger partial charge in [-0.05, 0) is 38.0 Å². The van der Waals surface area contributed by atoms with Crippen LogP contribution >= 0.6 is 0 Å². The van der Waals surface area contributed by atoms with Crippen LogP contribution in [0.3, 0.4) is 0 Å². The first kappa shape index (κ1) is 23.3. The summed E-state index contributed by atoms with van der Waals surface area (Å²) in [5.41, 5.74) is 0. The molecule has 31 heavy (non-hydrogen) atoms. The minimum atomic E-state index is -1.52. The summed E-state index contributed by atoms with van der Waals surface area (Å²) >= 11 is 0. The first-order valence-electron chi connectivity index (χ1n) is 11.4. The molecule has 1 aliphatic heterocycles. The van der Waals surface area contributed by atoms with Gasteiger partial charge in [-0.2, -0.15) is 0 Å². The molecule has 4 amide bonds. The number of amides is 4. The Morgan fingerprint density at radius 2 is 1.68 bits per heavy atom. The molecule has 10 nitrogen and oxygen atoms in total. The monoisotopic (exact) mass is 438 g/mol. The summed E-state index contributed by atoms with van der Waals surface area (Å²) in [7, 11) is 0. The highest BCUT2D eigenvalue weighted by Gasteiger charge is 2.37. The molecule has 3 unspecified atom stereocenters. The Labute approximate surface area is 181 Å². The normalized spacial score (nSPS) is 24.5. The minimum Gasteiger partial charge on any atom is -0.465 e. The van der Waals surface area contributed by atoms with Gasteiger partial charge in [0.15, 0.2) is 6.10 Å². The predicted octanol–water partition coefficient (Wildman–Crippen LogP) is 0.244. The highest BCUT2D eigenvalue weighted by atomic mass is 16.4. The van der Waals surface area contributed by atoms with E-state index in [2.05, 4.69) is 21.3 Å². The summed E-state index contributed by atoms with van der Waals surface area (Å²) in [5.74, 6) is -1.50. The number of hydrogen-bond acceptors (Lipinski definition) is 5. The van der Waals surface area contributed by atoms with Gasteiger partial charge < -0.3 is 31.5 Å². The lowest BCUT2D eigenvalue weighted by Gasteiger charge is -2.29. The van der Waals surface area contributed by atoms with Crippen LogP contribution in [0, 0.1) is 11.8 Å². The fourth-order valence-corrected chi connectivity index (χ4v) is 4.56. The fourth-order valence-electron chi connectivity index (χ4n) is 4.56. The van der Waals surface area contributed by atoms with E-state index in [-0.39, 0.29) is 24.3 Å². The first-order chi connectivity index (χ1) is 14.8. The number of carbonyl (C=O) groups is 4. The molecule has 0 aromatic heterocycles. The van der Waals surface area contributed by atoms with Crippen LogP contribution in [0.15, 0.2) is 0 Å². The molecule has 6 N–H and O–H groups in total. The van der Waals surface area contributed by atoms with E-state index in [4.69, 9.17) is 0 Å². The third kappa shape index (κ3) is 7.09. The van der Waals surface area contributed by atoms with Crippen molar-refractivity contribution in [3.63, 3.8) is 0 Å². The summed E-state index contributed by atoms with van der Waals surface area (Å²) in [6, 6.07) is -1.91. The molecule has 0 aromatic carbocycles. The highest BCUT2D eigenvalue weighted by Crippen LogP contribution is 2.28. The van der Waals surface area contributed by atoms with Gasteiger partial charge in [0.2, 0.25) is 11.8 Å². The number of carbonyl (C=O) groups excluding carboxylic acids is 3. The number of hydrogen-bond donors (Lipinski definition) is 6. The maximum Gasteiger partial charge on any atom is 0.405 e. The zero-order valence-electron chi connectivity index (χ0n) is 17.8. The number of carboxylic acid groups (broad SMARTS) is 1. The zero-order valence-corrected chi connectivity index (χ0v) is 17.8. The molecule has 4 atom stereocenters. The second-order valence-electron chi connectivity index (χ2n) is 9.10. The molecule has 3 rings (SSSR count). The van der Waals surface area contributed by atoms with Crippen LogP contribution in [0.25, 0.3) is 0 Å². The van der Waals surface area contributed by atoms with Crippen LogP contribution in [0.2, 0.25) is 0 Å². The highest BCUT2D eigenvalue weighted by molar-refractivity contribution is 5.88. The quantitative estimate of drug-likeness (QED) is 0.287. The van der Waals surface area contributed by atoms with Crippen LogP contribution in [0.4, 0.5) is 4.79 Å². The Hall–Kier alpha value is -2.36. The molecule has 174 valence electrons. The van der Waals surface area contributed by atoms with Crippen molar-refractivity contribution in [1.82, 2.24) is 21.3 Å². The van der Waals surface area contributed by atoms with Crippen molar-refractivity contribution in [2.24, 2.45) is 11.8 Å². The SMILES string of the molecule is O=C(O)NC(CC1CCCCC1)C(=O)NC(C[C@@H]1CCNC1=O)C(O)C(=O)NC1CC1. The lowest BCUT2D eigenvalue weighted by molar-refractivity contribution is -0.134. The smallest absolute Gasteiger partial charge is 0.405 e. The molecule has 0 aromatic rings. The van der Waals surface area contributed by atoms with Crippen molar-refractivity contribution in [3.8, 4) is 0 Å². The molecule has 1 saturated heterocycles. The molecule has 2 saturated carbocycles. The van der Waals surface area contributed by atoms with E-state index < -0.39 is 42.0 Å². The van der Waals surface area contributed by atoms with Crippen molar-refractivity contribution in [2.75, 3.05) is 6.54 Å². The third-order valence-corrected chi connectivity index (χ3v) is 6.51. The molecular formula is C21H34N4O6. The van der Waals surface area contributed by atoms with E-state index in [1.54, 1.807) is 0 Å². The maximum absolute atomic E-state index is 13.0. The van der Waals surface area contributed by atoms with Gasteiger partial charge in [0.25, 0.3) is 5.91 Å². The summed E-state index contributed by atoms with van der Waals surface area (Å²) in [6.45, 7) is 0.513. The topological polar surface area (TPSA) is 157 Å². The Morgan fingerprint density at radius 3 is 2.26 bits per heavy atom. The van der Waals surface area contributed by atoms with Crippen molar-refractivity contribution < 1.29 is 29.4 Å². The molecule has 0 radical (unpaired) electrons. The second-order valence-corrected chi connectivity index (χ2v) is 9.10. The van der Waals surface area contributed by atoms with E-state index in [1.807, 2.05) is 0 Å². The summed E-state index contributed by atoms with van der Waals surface area (Å²) in [5, 5.41) is 30.3. The molecule has 0 bridgehead atoms. The molecule has 2 aliphatic carbocycles. The van der Waals surface area contributed by atoms with Crippen molar-refractivity contribution in [1.29, 1.82) is 0 Å². The van der Waals surface area contributed by atoms with Crippen molar-refractivity contribution >= 4 is 23.8 Å². The van der Waals surface area contributed by atoms with Crippen LogP contribution in [0.1, 0.15) is 64.2 Å². The van der Waals surface area contributed by atoms with Gasteiger partial charge >= 0.3 is 6.09 Å². The Morgan fingerprint density at radius 1 is 0.968 bits per heavy atom. The summed E-state index contributed by atoms with van der Waals surface area (Å²) < 4.78 is 0. The van der Waals surface area contributed by atoms with Crippen molar-refractivity contribution in [3.05, 3.63) is 0 Å². The van der Waals surface area contributed by atoms with Gasteiger partial charge in [-0.25, -0.2) is 4.79 Å². The van der Waals surface area contributed by atoms with Gasteiger partial charge in [-0.1, -0.05) is 32.1 Å². The van der Waals surface area contributed by atoms with Gasteiger partial charge in [0.05, 0.1) is 6.04 Å². The third-order valence-electron chi connectivity index (χ3n) is 6.51. The van der Waals surface area contributed by atoms with Crippen LogP contribution < -0.4 is 21.3 Å². The number of aliphatic hydroxyl groups excluding tert-OH is 1. The van der Waals surface area contributed by atoms with E-state index in [0.717, 1.165) is 44.9 Å². The molecule has 3 fully saturated rings. The van der Waals surface area contributed by atoms with Crippen LogP contribution in [-0.4, -0.2) is 64.8 Å². The predicted molar refractivity (Wildman–Crippen MR) is 111 cm³/mol. The average Bonchev–Trinajstić information content (AvgIpc) is 3.46. The molecule has 10 heteroatoms. The fraction of sp³-hybridized carbons (Fsp3) is 0.810. The van der Waals surface area contributed by atoms with Gasteiger partial charge in [0.1, 0.15) is 6.04 Å². The van der Waals surface area contributed by atoms with E-state index in [0.29, 0.717) is 19.4 Å². The minimum absolute atomic E-state index is 0.0426. The number of nitrogens with one attached hydrogen (secondary N) is 4. The Balaban J connectivity index is 1.67. The lowest BCUT2D eigenvalue weighted by atomic mass is 9.84. The molecule has 3 aliphatic rings. The standard InChI is InChI=1S/C21H34N4O6/c26-17(20(29)23-14-6-7-14)15(11-13-8-9-22-18(13)27)24-19(28)16(25-21(30)31)10-12-4-2-1-3-5-12/h12-17,25-26H,1-11H2,(H,22,27)(H,23,29)(H,24,28)(H,30,31)/t13-,15?,16?,17?/m0/s1. The van der Waals surface area contributed by atoms with Crippen LogP contribution in [0.5, 0.6) is 0 Å². The van der Waals surface area contributed by atoms with Gasteiger partial charge in [-0.15, -0.1) is 0 Å². The van der Waals surface area contributed by atoms with E-state index in [9.17, 15) is 29.4 Å². The van der Waals surface area contributed by atoms with Gasteiger partial charge in [0, 0.05) is 18.5 Å². The zero-order chi connectivity index (χ0) is 22.4. The Bertz CT molecular complexity index is 677. The van der Waals surface area contributed by atoms with E-state index >= 15 is 0 Å². The summed E-state index contributed by atoms with van der Waals surface area (Å²) in [4.78, 5) is 48.7. The number of rotatable bonds is 10. The Kier molecular flexibility index (Phi) is 8.11.